The minimum absolute atomic E-state index is 0.604. The van der Waals surface area contributed by atoms with Crippen molar-refractivity contribution in [3.05, 3.63) is 42.0 Å². The van der Waals surface area contributed by atoms with Crippen molar-refractivity contribution in [2.45, 2.75) is 19.4 Å². The second-order valence-electron chi connectivity index (χ2n) is 5.32. The largest absolute Gasteiger partial charge is 0.365 e. The lowest BCUT2D eigenvalue weighted by atomic mass is 10.0. The Morgan fingerprint density at radius 2 is 2.29 bits per heavy atom. The van der Waals surface area contributed by atoms with Crippen LogP contribution in [0.25, 0.3) is 0 Å². The van der Waals surface area contributed by atoms with Crippen LogP contribution in [0.15, 0.2) is 30.7 Å². The van der Waals surface area contributed by atoms with Crippen molar-refractivity contribution in [1.29, 1.82) is 0 Å². The molecule has 112 valence electrons. The van der Waals surface area contributed by atoms with Crippen molar-refractivity contribution in [3.63, 3.8) is 0 Å². The quantitative estimate of drug-likeness (QED) is 0.902. The zero-order valence-electron chi connectivity index (χ0n) is 11.8. The number of nitrogens with one attached hydrogen (secondary N) is 2. The van der Waals surface area contributed by atoms with Crippen LogP contribution in [0.3, 0.4) is 0 Å². The second-order valence-corrected chi connectivity index (χ2v) is 7.07. The maximum Gasteiger partial charge on any atom is 0.229 e. The average molecular weight is 306 g/mol. The molecule has 0 fully saturated rings. The van der Waals surface area contributed by atoms with E-state index < -0.39 is 10.0 Å². The van der Waals surface area contributed by atoms with Crippen molar-refractivity contribution in [2.75, 3.05) is 22.4 Å². The van der Waals surface area contributed by atoms with Gasteiger partial charge in [0.1, 0.15) is 0 Å². The molecule has 1 aromatic carbocycles. The summed E-state index contributed by atoms with van der Waals surface area (Å²) in [6, 6.07) is 5.73. The van der Waals surface area contributed by atoms with Gasteiger partial charge in [0.05, 0.1) is 30.5 Å². The van der Waals surface area contributed by atoms with Gasteiger partial charge >= 0.3 is 0 Å². The predicted molar refractivity (Wildman–Crippen MR) is 82.9 cm³/mol. The van der Waals surface area contributed by atoms with Crippen LogP contribution in [0.2, 0.25) is 0 Å². The lowest BCUT2D eigenvalue weighted by Gasteiger charge is -2.31. The van der Waals surface area contributed by atoms with Crippen molar-refractivity contribution < 1.29 is 8.42 Å². The number of hydrogen-bond donors (Lipinski definition) is 2. The summed E-state index contributed by atoms with van der Waals surface area (Å²) in [5.41, 5.74) is 3.99. The van der Waals surface area contributed by atoms with Gasteiger partial charge in [-0.1, -0.05) is 6.07 Å². The fraction of sp³-hybridized carbons (Fsp3) is 0.357. The van der Waals surface area contributed by atoms with E-state index in [2.05, 4.69) is 19.6 Å². The van der Waals surface area contributed by atoms with Gasteiger partial charge in [0.25, 0.3) is 0 Å². The van der Waals surface area contributed by atoms with Crippen LogP contribution >= 0.6 is 0 Å². The monoisotopic (exact) mass is 306 g/mol. The van der Waals surface area contributed by atoms with Gasteiger partial charge in [0, 0.05) is 18.4 Å². The highest BCUT2D eigenvalue weighted by molar-refractivity contribution is 7.92. The van der Waals surface area contributed by atoms with Crippen molar-refractivity contribution >= 4 is 21.4 Å². The zero-order chi connectivity index (χ0) is 14.9. The summed E-state index contributed by atoms with van der Waals surface area (Å²) in [4.78, 5) is 9.39. The lowest BCUT2D eigenvalue weighted by molar-refractivity contribution is 0.607. The number of aromatic nitrogens is 2. The third-order valence-electron chi connectivity index (χ3n) is 3.52. The third-order valence-corrected chi connectivity index (χ3v) is 4.13. The third kappa shape index (κ3) is 3.36. The number of H-pyrrole nitrogens is 1. The van der Waals surface area contributed by atoms with Crippen LogP contribution < -0.4 is 9.62 Å². The first kappa shape index (κ1) is 13.9. The average Bonchev–Trinajstić information content (AvgIpc) is 2.90. The molecule has 21 heavy (non-hydrogen) atoms. The number of sulfonamides is 1. The highest BCUT2D eigenvalue weighted by atomic mass is 32.2. The van der Waals surface area contributed by atoms with Crippen LogP contribution in [0.1, 0.15) is 17.7 Å². The van der Waals surface area contributed by atoms with Gasteiger partial charge < -0.3 is 9.88 Å². The Hall–Kier alpha value is -2.02. The molecule has 1 aliphatic heterocycles. The number of hydrogen-bond acceptors (Lipinski definition) is 4. The first-order valence-corrected chi connectivity index (χ1v) is 8.73. The van der Waals surface area contributed by atoms with Crippen LogP contribution in [0.4, 0.5) is 11.4 Å². The van der Waals surface area contributed by atoms with Gasteiger partial charge in [-0.2, -0.15) is 0 Å². The molecular weight excluding hydrogens is 288 g/mol. The Balaban J connectivity index is 1.89. The van der Waals surface area contributed by atoms with E-state index in [1.54, 1.807) is 6.33 Å². The Kier molecular flexibility index (Phi) is 3.59. The summed E-state index contributed by atoms with van der Waals surface area (Å²) in [5, 5.41) is 0. The Bertz CT molecular complexity index is 725. The molecule has 0 aliphatic carbocycles. The SMILES string of the molecule is CS(=O)(=O)Nc1ccc2c(c1)N(Cc1cnc[nH]1)CCC2. The number of fused-ring (bicyclic) bond motifs is 1. The van der Waals surface area contributed by atoms with E-state index in [1.807, 2.05) is 24.4 Å². The standard InChI is InChI=1S/C14H18N4O2S/c1-21(19,20)17-12-5-4-11-3-2-6-18(14(11)7-12)9-13-8-15-10-16-13/h4-5,7-8,10,17H,2-3,6,9H2,1H3,(H,15,16). The van der Waals surface area contributed by atoms with E-state index in [0.29, 0.717) is 5.69 Å². The Labute approximate surface area is 124 Å². The van der Waals surface area contributed by atoms with E-state index in [-0.39, 0.29) is 0 Å². The molecular formula is C14H18N4O2S. The molecule has 7 heteroatoms. The van der Waals surface area contributed by atoms with E-state index in [0.717, 1.165) is 43.6 Å². The maximum absolute atomic E-state index is 11.4. The highest BCUT2D eigenvalue weighted by Gasteiger charge is 2.18. The molecule has 2 heterocycles. The molecule has 1 aliphatic rings. The van der Waals surface area contributed by atoms with Gasteiger partial charge in [-0.05, 0) is 30.5 Å². The van der Waals surface area contributed by atoms with Crippen LogP contribution in [-0.4, -0.2) is 31.2 Å². The van der Waals surface area contributed by atoms with E-state index in [4.69, 9.17) is 0 Å². The minimum atomic E-state index is -3.26. The first-order valence-electron chi connectivity index (χ1n) is 6.84. The minimum Gasteiger partial charge on any atom is -0.365 e. The molecule has 0 saturated heterocycles. The summed E-state index contributed by atoms with van der Waals surface area (Å²) in [6.45, 7) is 1.70. The smallest absolute Gasteiger partial charge is 0.229 e. The number of benzene rings is 1. The lowest BCUT2D eigenvalue weighted by Crippen LogP contribution is -2.29. The zero-order valence-corrected chi connectivity index (χ0v) is 12.7. The van der Waals surface area contributed by atoms with Crippen LogP contribution in [0, 0.1) is 0 Å². The van der Waals surface area contributed by atoms with Crippen LogP contribution in [0.5, 0.6) is 0 Å². The van der Waals surface area contributed by atoms with Gasteiger partial charge in [-0.15, -0.1) is 0 Å². The molecule has 0 spiro atoms. The number of aryl methyl sites for hydroxylation is 1. The normalized spacial score (nSPS) is 14.8. The molecule has 0 saturated carbocycles. The summed E-state index contributed by atoms with van der Waals surface area (Å²) >= 11 is 0. The number of nitrogens with zero attached hydrogens (tertiary/aromatic N) is 2. The molecule has 0 bridgehead atoms. The molecule has 6 nitrogen and oxygen atoms in total. The molecule has 0 radical (unpaired) electrons. The molecule has 0 amide bonds. The molecule has 0 atom stereocenters. The van der Waals surface area contributed by atoms with Gasteiger partial charge in [0.15, 0.2) is 0 Å². The van der Waals surface area contributed by atoms with E-state index >= 15 is 0 Å². The van der Waals surface area contributed by atoms with E-state index in [1.165, 1.54) is 5.56 Å². The van der Waals surface area contributed by atoms with Gasteiger partial charge in [0.2, 0.25) is 10.0 Å². The second kappa shape index (κ2) is 5.40. The van der Waals surface area contributed by atoms with Gasteiger partial charge in [-0.3, -0.25) is 4.72 Å². The maximum atomic E-state index is 11.4. The number of imidazole rings is 1. The fourth-order valence-corrected chi connectivity index (χ4v) is 3.22. The summed E-state index contributed by atoms with van der Waals surface area (Å²) in [7, 11) is -3.26. The van der Waals surface area contributed by atoms with Crippen molar-refractivity contribution in [2.24, 2.45) is 0 Å². The number of aromatic amines is 1. The Morgan fingerprint density at radius 1 is 1.43 bits per heavy atom. The topological polar surface area (TPSA) is 78.1 Å². The number of anilines is 2. The van der Waals surface area contributed by atoms with Crippen molar-refractivity contribution in [1.82, 2.24) is 9.97 Å². The molecule has 1 aromatic heterocycles. The summed E-state index contributed by atoms with van der Waals surface area (Å²) in [6.07, 6.45) is 6.76. The summed E-state index contributed by atoms with van der Waals surface area (Å²) in [5.74, 6) is 0. The van der Waals surface area contributed by atoms with Crippen molar-refractivity contribution in [3.8, 4) is 0 Å². The fourth-order valence-electron chi connectivity index (χ4n) is 2.67. The van der Waals surface area contributed by atoms with Gasteiger partial charge in [-0.25, -0.2) is 13.4 Å². The molecule has 0 unspecified atom stereocenters. The van der Waals surface area contributed by atoms with E-state index in [9.17, 15) is 8.42 Å². The highest BCUT2D eigenvalue weighted by Crippen LogP contribution is 2.31. The van der Waals surface area contributed by atoms with Crippen LogP contribution in [-0.2, 0) is 23.0 Å². The summed E-state index contributed by atoms with van der Waals surface area (Å²) < 4.78 is 25.3. The first-order chi connectivity index (χ1) is 10.0. The molecule has 2 N–H and O–H groups in total. The Morgan fingerprint density at radius 3 is 3.00 bits per heavy atom. The predicted octanol–water partition coefficient (Wildman–Crippen LogP) is 1.73. The molecule has 3 rings (SSSR count). The molecule has 2 aromatic rings. The number of rotatable bonds is 4.